The van der Waals surface area contributed by atoms with Crippen LogP contribution in [0.3, 0.4) is 0 Å². The third-order valence-corrected chi connectivity index (χ3v) is 4.82. The minimum atomic E-state index is -4.74. The summed E-state index contributed by atoms with van der Waals surface area (Å²) in [5.41, 5.74) is 2.89. The Morgan fingerprint density at radius 3 is 2.61 bits per heavy atom. The first-order valence-electron chi connectivity index (χ1n) is 9.47. The number of pyridine rings is 2. The van der Waals surface area contributed by atoms with Crippen molar-refractivity contribution in [3.05, 3.63) is 78.4 Å². The average molecular weight is 429 g/mol. The Bertz CT molecular complexity index is 1040. The molecule has 0 spiro atoms. The van der Waals surface area contributed by atoms with Crippen LogP contribution in [0.4, 0.5) is 13.2 Å². The van der Waals surface area contributed by atoms with Gasteiger partial charge in [0.2, 0.25) is 5.91 Å². The summed E-state index contributed by atoms with van der Waals surface area (Å²) in [6.07, 6.45) is 0.192. The molecule has 31 heavy (non-hydrogen) atoms. The fourth-order valence-electron chi connectivity index (χ4n) is 3.39. The number of nitrogens with zero attached hydrogens (tertiary/aromatic N) is 3. The molecule has 0 radical (unpaired) electrons. The highest BCUT2D eigenvalue weighted by Crippen LogP contribution is 2.30. The molecule has 1 unspecified atom stereocenters. The lowest BCUT2D eigenvalue weighted by molar-refractivity contribution is -0.274. The number of ether oxygens (including phenoxy) is 2. The van der Waals surface area contributed by atoms with Crippen LogP contribution in [0.2, 0.25) is 0 Å². The maximum atomic E-state index is 12.5. The second-order valence-corrected chi connectivity index (χ2v) is 6.95. The highest BCUT2D eigenvalue weighted by Gasteiger charge is 2.32. The van der Waals surface area contributed by atoms with E-state index in [0.717, 1.165) is 11.3 Å². The summed E-state index contributed by atoms with van der Waals surface area (Å²) >= 11 is 0. The van der Waals surface area contributed by atoms with Gasteiger partial charge in [-0.15, -0.1) is 13.2 Å². The molecule has 4 rings (SSSR count). The maximum Gasteiger partial charge on any atom is 0.573 e. The number of halogens is 3. The predicted molar refractivity (Wildman–Crippen MR) is 105 cm³/mol. The number of carbonyl (C=O) groups excluding carboxylic acids is 1. The number of aromatic nitrogens is 2. The third kappa shape index (κ3) is 5.18. The van der Waals surface area contributed by atoms with Gasteiger partial charge in [-0.05, 0) is 41.5 Å². The van der Waals surface area contributed by atoms with Gasteiger partial charge in [0.25, 0.3) is 0 Å². The van der Waals surface area contributed by atoms with E-state index < -0.39 is 6.36 Å². The number of carbonyl (C=O) groups is 1. The van der Waals surface area contributed by atoms with E-state index in [1.165, 1.54) is 24.3 Å². The lowest BCUT2D eigenvalue weighted by Crippen LogP contribution is -2.43. The molecule has 1 aliphatic heterocycles. The Morgan fingerprint density at radius 1 is 1.10 bits per heavy atom. The van der Waals surface area contributed by atoms with E-state index >= 15 is 0 Å². The number of benzene rings is 1. The Kier molecular flexibility index (Phi) is 5.85. The molecule has 1 fully saturated rings. The molecule has 1 amide bonds. The van der Waals surface area contributed by atoms with Crippen LogP contribution in [0.25, 0.3) is 11.1 Å². The van der Waals surface area contributed by atoms with Gasteiger partial charge in [0.15, 0.2) is 0 Å². The minimum absolute atomic E-state index is 0.00286. The normalized spacial score (nSPS) is 16.9. The van der Waals surface area contributed by atoms with Crippen molar-refractivity contribution in [2.75, 3.05) is 13.2 Å². The number of hydrogen-bond acceptors (Lipinski definition) is 5. The Labute approximate surface area is 176 Å². The first kappa shape index (κ1) is 20.8. The predicted octanol–water partition coefficient (Wildman–Crippen LogP) is 4.14. The van der Waals surface area contributed by atoms with Crippen LogP contribution >= 0.6 is 0 Å². The number of rotatable bonds is 5. The third-order valence-electron chi connectivity index (χ3n) is 4.82. The van der Waals surface area contributed by atoms with Gasteiger partial charge in [-0.3, -0.25) is 14.8 Å². The van der Waals surface area contributed by atoms with Crippen molar-refractivity contribution < 1.29 is 27.4 Å². The van der Waals surface area contributed by atoms with Crippen LogP contribution in [0.5, 0.6) is 5.75 Å². The molecule has 0 saturated carbocycles. The van der Waals surface area contributed by atoms with Crippen LogP contribution in [0, 0.1) is 0 Å². The first-order valence-corrected chi connectivity index (χ1v) is 9.47. The summed E-state index contributed by atoms with van der Waals surface area (Å²) in [6.45, 7) is 0.639. The minimum Gasteiger partial charge on any atom is -0.406 e. The van der Waals surface area contributed by atoms with Crippen molar-refractivity contribution in [3.8, 4) is 16.9 Å². The molecule has 160 valence electrons. The zero-order valence-electron chi connectivity index (χ0n) is 16.2. The molecule has 2 aromatic heterocycles. The molecule has 3 aromatic rings. The van der Waals surface area contributed by atoms with E-state index in [1.54, 1.807) is 29.6 Å². The molecule has 0 aliphatic carbocycles. The lowest BCUT2D eigenvalue weighted by atomic mass is 10.0. The molecule has 3 heterocycles. The zero-order valence-corrected chi connectivity index (χ0v) is 16.2. The average Bonchev–Trinajstić information content (AvgIpc) is 2.75. The first-order chi connectivity index (χ1) is 14.9. The Morgan fingerprint density at radius 2 is 1.90 bits per heavy atom. The van der Waals surface area contributed by atoms with E-state index in [0.29, 0.717) is 24.3 Å². The molecular formula is C22H18F3N3O3. The van der Waals surface area contributed by atoms with Gasteiger partial charge in [0.1, 0.15) is 12.4 Å². The Balaban J connectivity index is 1.58. The molecule has 0 bridgehead atoms. The molecule has 1 saturated heterocycles. The molecule has 1 atom stereocenters. The van der Waals surface area contributed by atoms with Gasteiger partial charge in [0.05, 0.1) is 24.9 Å². The van der Waals surface area contributed by atoms with E-state index in [4.69, 9.17) is 4.74 Å². The van der Waals surface area contributed by atoms with Gasteiger partial charge in [-0.25, -0.2) is 0 Å². The maximum absolute atomic E-state index is 12.5. The second kappa shape index (κ2) is 8.73. The quantitative estimate of drug-likeness (QED) is 0.610. The lowest BCUT2D eigenvalue weighted by Gasteiger charge is -2.35. The van der Waals surface area contributed by atoms with E-state index in [9.17, 15) is 18.0 Å². The fraction of sp³-hybridized carbons (Fsp3) is 0.227. The summed E-state index contributed by atoms with van der Waals surface area (Å²) in [6, 6.07) is 12.5. The van der Waals surface area contributed by atoms with Crippen LogP contribution in [-0.4, -0.2) is 40.4 Å². The number of amides is 1. The van der Waals surface area contributed by atoms with Gasteiger partial charge >= 0.3 is 6.36 Å². The van der Waals surface area contributed by atoms with Crippen molar-refractivity contribution in [3.63, 3.8) is 0 Å². The van der Waals surface area contributed by atoms with Crippen LogP contribution < -0.4 is 4.74 Å². The standard InChI is InChI=1S/C22H18F3N3O3/c23-22(24,25)31-19-6-4-15(5-7-19)16-9-17(11-26-10-16)20-13-30-14-21(29)28(20)12-18-3-1-2-8-27-18/h1-11,20H,12-14H2. The largest absolute Gasteiger partial charge is 0.573 e. The van der Waals surface area contributed by atoms with Crippen molar-refractivity contribution in [1.82, 2.24) is 14.9 Å². The number of hydrogen-bond donors (Lipinski definition) is 0. The highest BCUT2D eigenvalue weighted by molar-refractivity contribution is 5.78. The molecule has 6 nitrogen and oxygen atoms in total. The van der Waals surface area contributed by atoms with Gasteiger partial charge in [-0.2, -0.15) is 0 Å². The summed E-state index contributed by atoms with van der Waals surface area (Å²) in [4.78, 5) is 22.8. The summed E-state index contributed by atoms with van der Waals surface area (Å²) in [5.74, 6) is -0.450. The van der Waals surface area contributed by atoms with Crippen molar-refractivity contribution >= 4 is 5.91 Å². The second-order valence-electron chi connectivity index (χ2n) is 6.95. The molecular weight excluding hydrogens is 411 g/mol. The highest BCUT2D eigenvalue weighted by atomic mass is 19.4. The summed E-state index contributed by atoms with van der Waals surface area (Å²) in [5, 5.41) is 0. The molecule has 0 N–H and O–H groups in total. The van der Waals surface area contributed by atoms with E-state index in [-0.39, 0.29) is 24.3 Å². The topological polar surface area (TPSA) is 64.6 Å². The molecule has 1 aliphatic rings. The van der Waals surface area contributed by atoms with E-state index in [1.807, 2.05) is 18.2 Å². The summed E-state index contributed by atoms with van der Waals surface area (Å²) in [7, 11) is 0. The zero-order chi connectivity index (χ0) is 21.8. The number of morpholine rings is 1. The van der Waals surface area contributed by atoms with Gasteiger partial charge in [0, 0.05) is 24.2 Å². The van der Waals surface area contributed by atoms with Crippen LogP contribution in [0.15, 0.2) is 67.1 Å². The molecule has 1 aromatic carbocycles. The van der Waals surface area contributed by atoms with Gasteiger partial charge in [-0.1, -0.05) is 18.2 Å². The summed E-state index contributed by atoms with van der Waals surface area (Å²) < 4.78 is 46.5. The Hall–Kier alpha value is -3.46. The van der Waals surface area contributed by atoms with Crippen molar-refractivity contribution in [2.45, 2.75) is 18.9 Å². The van der Waals surface area contributed by atoms with Gasteiger partial charge < -0.3 is 14.4 Å². The SMILES string of the molecule is O=C1COCC(c2cncc(-c3ccc(OC(F)(F)F)cc3)c2)N1Cc1ccccn1. The van der Waals surface area contributed by atoms with Crippen molar-refractivity contribution in [1.29, 1.82) is 0 Å². The molecule has 9 heteroatoms. The number of alkyl halides is 3. The smallest absolute Gasteiger partial charge is 0.406 e. The monoisotopic (exact) mass is 429 g/mol. The van der Waals surface area contributed by atoms with E-state index in [2.05, 4.69) is 14.7 Å². The fourth-order valence-corrected chi connectivity index (χ4v) is 3.39. The van der Waals surface area contributed by atoms with Crippen LogP contribution in [0.1, 0.15) is 17.3 Å². The van der Waals surface area contributed by atoms with Crippen LogP contribution in [-0.2, 0) is 16.1 Å². The van der Waals surface area contributed by atoms with Crippen molar-refractivity contribution in [2.24, 2.45) is 0 Å².